The number of aromatic nitrogens is 2. The fraction of sp³-hybridized carbons (Fsp3) is 0.615. The van der Waals surface area contributed by atoms with E-state index in [1.807, 2.05) is 0 Å². The van der Waals surface area contributed by atoms with Crippen molar-refractivity contribution in [3.8, 4) is 0 Å². The van der Waals surface area contributed by atoms with Crippen LogP contribution in [0.3, 0.4) is 0 Å². The quantitative estimate of drug-likeness (QED) is 0.873. The second-order valence-electron chi connectivity index (χ2n) is 5.92. The van der Waals surface area contributed by atoms with E-state index in [4.69, 9.17) is 5.11 Å². The first-order chi connectivity index (χ1) is 7.85. The van der Waals surface area contributed by atoms with Gasteiger partial charge in [-0.1, -0.05) is 20.8 Å². The first-order valence-corrected chi connectivity index (χ1v) is 5.96. The Kier molecular flexibility index (Phi) is 2.89. The van der Waals surface area contributed by atoms with Crippen LogP contribution in [-0.2, 0) is 6.42 Å². The summed E-state index contributed by atoms with van der Waals surface area (Å²) >= 11 is 0. The van der Waals surface area contributed by atoms with Gasteiger partial charge in [-0.3, -0.25) is 0 Å². The van der Waals surface area contributed by atoms with Crippen LogP contribution in [0, 0.1) is 5.41 Å². The summed E-state index contributed by atoms with van der Waals surface area (Å²) in [6.07, 6.45) is 2.94. The maximum absolute atomic E-state index is 11.0. The highest BCUT2D eigenvalue weighted by Crippen LogP contribution is 2.38. The van der Waals surface area contributed by atoms with Crippen molar-refractivity contribution < 1.29 is 9.90 Å². The lowest BCUT2D eigenvalue weighted by Gasteiger charge is -2.17. The van der Waals surface area contributed by atoms with Gasteiger partial charge in [0.15, 0.2) is 5.69 Å². The van der Waals surface area contributed by atoms with Gasteiger partial charge >= 0.3 is 5.97 Å². The van der Waals surface area contributed by atoms with Gasteiger partial charge in [-0.15, -0.1) is 0 Å². The molecule has 0 atom stereocenters. The molecule has 1 N–H and O–H groups in total. The van der Waals surface area contributed by atoms with E-state index >= 15 is 0 Å². The van der Waals surface area contributed by atoms with E-state index in [1.54, 1.807) is 6.07 Å². The molecule has 0 amide bonds. The van der Waals surface area contributed by atoms with E-state index < -0.39 is 5.97 Å². The molecule has 0 saturated heterocycles. The lowest BCUT2D eigenvalue weighted by molar-refractivity contribution is 0.0689. The molecule has 0 bridgehead atoms. The molecule has 2 rings (SSSR count). The molecule has 1 aromatic rings. The molecule has 92 valence electrons. The van der Waals surface area contributed by atoms with E-state index in [0.717, 1.165) is 25.0 Å². The van der Waals surface area contributed by atoms with Crippen LogP contribution >= 0.6 is 0 Å². The van der Waals surface area contributed by atoms with Crippen LogP contribution in [0.15, 0.2) is 6.07 Å². The second-order valence-corrected chi connectivity index (χ2v) is 5.92. The van der Waals surface area contributed by atoms with Crippen LogP contribution in [0.2, 0.25) is 0 Å². The van der Waals surface area contributed by atoms with Crippen LogP contribution in [0.4, 0.5) is 0 Å². The van der Waals surface area contributed by atoms with Crippen molar-refractivity contribution in [2.75, 3.05) is 0 Å². The number of aromatic carboxylic acids is 1. The standard InChI is InChI=1S/C13H18N2O2/c1-13(2,3)7-9-6-10(12(16)17)15-11(14-9)8-4-5-8/h6,8H,4-5,7H2,1-3H3,(H,16,17). The largest absolute Gasteiger partial charge is 0.477 e. The van der Waals surface area contributed by atoms with Gasteiger partial charge in [0.1, 0.15) is 5.82 Å². The van der Waals surface area contributed by atoms with Crippen molar-refractivity contribution in [3.63, 3.8) is 0 Å². The molecular formula is C13H18N2O2. The summed E-state index contributed by atoms with van der Waals surface area (Å²) in [6, 6.07) is 1.60. The fourth-order valence-corrected chi connectivity index (χ4v) is 1.79. The molecule has 0 radical (unpaired) electrons. The van der Waals surface area contributed by atoms with Gasteiger partial charge in [0.05, 0.1) is 0 Å². The average molecular weight is 234 g/mol. The van der Waals surface area contributed by atoms with Gasteiger partial charge in [-0.05, 0) is 30.7 Å². The van der Waals surface area contributed by atoms with Gasteiger partial charge < -0.3 is 5.11 Å². The van der Waals surface area contributed by atoms with Crippen molar-refractivity contribution in [2.45, 2.75) is 46.0 Å². The summed E-state index contributed by atoms with van der Waals surface area (Å²) < 4.78 is 0. The molecule has 0 spiro atoms. The van der Waals surface area contributed by atoms with E-state index in [-0.39, 0.29) is 11.1 Å². The van der Waals surface area contributed by atoms with Crippen LogP contribution in [0.5, 0.6) is 0 Å². The van der Waals surface area contributed by atoms with Crippen LogP contribution in [-0.4, -0.2) is 21.0 Å². The molecule has 1 aromatic heterocycles. The first kappa shape index (κ1) is 12.0. The second kappa shape index (κ2) is 4.09. The smallest absolute Gasteiger partial charge is 0.354 e. The maximum atomic E-state index is 11.0. The molecule has 0 unspecified atom stereocenters. The van der Waals surface area contributed by atoms with E-state index in [0.29, 0.717) is 11.7 Å². The molecule has 0 aliphatic heterocycles. The molecule has 1 saturated carbocycles. The highest BCUT2D eigenvalue weighted by atomic mass is 16.4. The number of hydrogen-bond acceptors (Lipinski definition) is 3. The van der Waals surface area contributed by atoms with Crippen LogP contribution in [0.25, 0.3) is 0 Å². The third kappa shape index (κ3) is 3.25. The molecular weight excluding hydrogens is 216 g/mol. The minimum atomic E-state index is -0.968. The fourth-order valence-electron chi connectivity index (χ4n) is 1.79. The SMILES string of the molecule is CC(C)(C)Cc1cc(C(=O)O)nc(C2CC2)n1. The molecule has 4 nitrogen and oxygen atoms in total. The maximum Gasteiger partial charge on any atom is 0.354 e. The minimum Gasteiger partial charge on any atom is -0.477 e. The van der Waals surface area contributed by atoms with Gasteiger partial charge in [0.2, 0.25) is 0 Å². The Bertz CT molecular complexity index is 445. The highest BCUT2D eigenvalue weighted by Gasteiger charge is 2.28. The Balaban J connectivity index is 2.33. The Labute approximate surface area is 101 Å². The highest BCUT2D eigenvalue weighted by molar-refractivity contribution is 5.85. The zero-order valence-electron chi connectivity index (χ0n) is 10.5. The molecule has 4 heteroatoms. The molecule has 17 heavy (non-hydrogen) atoms. The number of carbonyl (C=O) groups is 1. The van der Waals surface area contributed by atoms with Crippen molar-refractivity contribution >= 4 is 5.97 Å². The number of hydrogen-bond donors (Lipinski definition) is 1. The third-order valence-corrected chi connectivity index (χ3v) is 2.67. The summed E-state index contributed by atoms with van der Waals surface area (Å²) in [5.41, 5.74) is 1.07. The number of carboxylic acid groups (broad SMARTS) is 1. The summed E-state index contributed by atoms with van der Waals surface area (Å²) in [7, 11) is 0. The number of rotatable bonds is 3. The van der Waals surface area contributed by atoms with E-state index in [1.165, 1.54) is 0 Å². The van der Waals surface area contributed by atoms with Gasteiger partial charge in [0.25, 0.3) is 0 Å². The van der Waals surface area contributed by atoms with Crippen molar-refractivity contribution in [3.05, 3.63) is 23.3 Å². The molecule has 1 fully saturated rings. The Hall–Kier alpha value is -1.45. The van der Waals surface area contributed by atoms with Gasteiger partial charge in [-0.2, -0.15) is 0 Å². The number of nitrogens with zero attached hydrogens (tertiary/aromatic N) is 2. The van der Waals surface area contributed by atoms with E-state index in [9.17, 15) is 4.79 Å². The zero-order valence-corrected chi connectivity index (χ0v) is 10.5. The molecule has 1 aliphatic carbocycles. The lowest BCUT2D eigenvalue weighted by atomic mass is 9.90. The van der Waals surface area contributed by atoms with Crippen molar-refractivity contribution in [1.82, 2.24) is 9.97 Å². The predicted molar refractivity (Wildman–Crippen MR) is 64.1 cm³/mol. The first-order valence-electron chi connectivity index (χ1n) is 5.96. The summed E-state index contributed by atoms with van der Waals surface area (Å²) in [5, 5.41) is 9.04. The summed E-state index contributed by atoms with van der Waals surface area (Å²) in [6.45, 7) is 6.35. The Morgan fingerprint density at radius 1 is 1.41 bits per heavy atom. The van der Waals surface area contributed by atoms with Crippen molar-refractivity contribution in [2.24, 2.45) is 5.41 Å². The zero-order chi connectivity index (χ0) is 12.6. The van der Waals surface area contributed by atoms with Gasteiger partial charge in [-0.25, -0.2) is 14.8 Å². The van der Waals surface area contributed by atoms with E-state index in [2.05, 4.69) is 30.7 Å². The molecule has 1 aliphatic rings. The molecule has 1 heterocycles. The molecule has 0 aromatic carbocycles. The summed E-state index contributed by atoms with van der Waals surface area (Å²) in [5.74, 6) is 0.127. The normalized spacial score (nSPS) is 15.9. The summed E-state index contributed by atoms with van der Waals surface area (Å²) in [4.78, 5) is 19.6. The Morgan fingerprint density at radius 3 is 2.53 bits per heavy atom. The van der Waals surface area contributed by atoms with Gasteiger partial charge in [0, 0.05) is 11.6 Å². The topological polar surface area (TPSA) is 63.1 Å². The van der Waals surface area contributed by atoms with Crippen LogP contribution < -0.4 is 0 Å². The number of carboxylic acids is 1. The lowest BCUT2D eigenvalue weighted by Crippen LogP contribution is -2.14. The van der Waals surface area contributed by atoms with Crippen molar-refractivity contribution in [1.29, 1.82) is 0 Å². The average Bonchev–Trinajstić information content (AvgIpc) is 2.97. The Morgan fingerprint density at radius 2 is 2.06 bits per heavy atom. The predicted octanol–water partition coefficient (Wildman–Crippen LogP) is 2.64. The minimum absolute atomic E-state index is 0.102. The van der Waals surface area contributed by atoms with Crippen LogP contribution in [0.1, 0.15) is 61.5 Å². The monoisotopic (exact) mass is 234 g/mol. The third-order valence-electron chi connectivity index (χ3n) is 2.67.